The van der Waals surface area contributed by atoms with Crippen molar-refractivity contribution < 1.29 is 4.42 Å². The quantitative estimate of drug-likeness (QED) is 0.501. The molecule has 0 aliphatic heterocycles. The average Bonchev–Trinajstić information content (AvgIpc) is 3.35. The number of benzene rings is 1. The maximum absolute atomic E-state index is 9.47. The molecule has 0 atom stereocenters. The number of nitrogens with one attached hydrogen (secondary N) is 1. The van der Waals surface area contributed by atoms with Crippen molar-refractivity contribution >= 4 is 34.4 Å². The molecule has 150 valence electrons. The van der Waals surface area contributed by atoms with E-state index in [1.807, 2.05) is 39.2 Å². The normalized spacial score (nSPS) is 11.2. The largest absolute Gasteiger partial charge is 0.422 e. The molecule has 0 aliphatic carbocycles. The van der Waals surface area contributed by atoms with Gasteiger partial charge in [-0.25, -0.2) is 4.98 Å². The number of nitriles is 1. The third-order valence-electron chi connectivity index (χ3n) is 4.26. The molecule has 1 aromatic carbocycles. The second kappa shape index (κ2) is 7.59. The first-order valence-electron chi connectivity index (χ1n) is 9.01. The lowest BCUT2D eigenvalue weighted by Gasteiger charge is -2.13. The third kappa shape index (κ3) is 3.30. The van der Waals surface area contributed by atoms with Gasteiger partial charge < -0.3 is 14.6 Å². The molecule has 3 heterocycles. The van der Waals surface area contributed by atoms with Crippen molar-refractivity contribution in [2.75, 3.05) is 31.4 Å². The van der Waals surface area contributed by atoms with Crippen molar-refractivity contribution in [3.8, 4) is 12.1 Å². The smallest absolute Gasteiger partial charge is 0.325 e. The lowest BCUT2D eigenvalue weighted by molar-refractivity contribution is 0.544. The highest BCUT2D eigenvalue weighted by Crippen LogP contribution is 2.31. The number of aromatic nitrogens is 5. The third-order valence-corrected chi connectivity index (χ3v) is 4.26. The second-order valence-electron chi connectivity index (χ2n) is 6.52. The summed E-state index contributed by atoms with van der Waals surface area (Å²) in [5.74, 6) is 1.26. The Balaban J connectivity index is 1.80. The van der Waals surface area contributed by atoms with Crippen LogP contribution in [0.15, 0.2) is 45.1 Å². The van der Waals surface area contributed by atoms with E-state index >= 15 is 0 Å². The van der Waals surface area contributed by atoms with Crippen LogP contribution in [0.5, 0.6) is 0 Å². The van der Waals surface area contributed by atoms with Gasteiger partial charge in [0.25, 0.3) is 0 Å². The molecule has 0 aliphatic rings. The number of nitrogens with zero attached hydrogens (tertiary/aromatic N) is 9. The lowest BCUT2D eigenvalue weighted by Crippen LogP contribution is -2.14. The molecule has 0 bridgehead atoms. The van der Waals surface area contributed by atoms with Crippen LogP contribution in [0.25, 0.3) is 17.1 Å². The zero-order chi connectivity index (χ0) is 21.3. The van der Waals surface area contributed by atoms with Crippen LogP contribution in [0.2, 0.25) is 0 Å². The highest BCUT2D eigenvalue weighted by atomic mass is 16.4. The van der Waals surface area contributed by atoms with Gasteiger partial charge >= 0.3 is 6.01 Å². The van der Waals surface area contributed by atoms with E-state index in [0.717, 1.165) is 0 Å². The number of hydrogen-bond acceptors (Lipinski definition) is 10. The van der Waals surface area contributed by atoms with Crippen LogP contribution >= 0.6 is 0 Å². The lowest BCUT2D eigenvalue weighted by atomic mass is 10.3. The number of fused-ring (bicyclic) bond motifs is 1. The monoisotopic (exact) mass is 402 g/mol. The highest BCUT2D eigenvalue weighted by molar-refractivity contribution is 5.73. The molecule has 4 aromatic rings. The van der Waals surface area contributed by atoms with Crippen LogP contribution < -0.4 is 10.2 Å². The number of hydrogen-bond donors (Lipinski definition) is 1. The maximum Gasteiger partial charge on any atom is 0.325 e. The number of anilines is 2. The van der Waals surface area contributed by atoms with Gasteiger partial charge in [-0.2, -0.15) is 25.0 Å². The first-order chi connectivity index (χ1) is 14.5. The summed E-state index contributed by atoms with van der Waals surface area (Å²) < 4.78 is 7.09. The summed E-state index contributed by atoms with van der Waals surface area (Å²) in [6.45, 7) is 1.81. The van der Waals surface area contributed by atoms with Gasteiger partial charge in [-0.15, -0.1) is 10.2 Å². The first-order valence-corrected chi connectivity index (χ1v) is 9.01. The minimum Gasteiger partial charge on any atom is -0.422 e. The van der Waals surface area contributed by atoms with Gasteiger partial charge in [-0.1, -0.05) is 12.1 Å². The van der Waals surface area contributed by atoms with E-state index in [0.29, 0.717) is 34.2 Å². The first kappa shape index (κ1) is 19.0. The van der Waals surface area contributed by atoms with E-state index in [9.17, 15) is 5.26 Å². The Bertz CT molecular complexity index is 1260. The number of rotatable bonds is 5. The standard InChI is InChI=1S/C19H18N10O/c1-11-15(16(21-2)25-18(23-11)28(3)4)26-27-17-12(9-20)10-22-29(17)19-24-13-7-5-6-8-14(13)30-19/h5-8,10H,1-4H3,(H,21,23,25)/b27-26+. The molecule has 0 fully saturated rings. The van der Waals surface area contributed by atoms with Crippen LogP contribution in [0, 0.1) is 18.3 Å². The van der Waals surface area contributed by atoms with Crippen molar-refractivity contribution in [3.05, 3.63) is 41.7 Å². The van der Waals surface area contributed by atoms with E-state index in [-0.39, 0.29) is 17.4 Å². The Morgan fingerprint density at radius 1 is 1.17 bits per heavy atom. The van der Waals surface area contributed by atoms with Crippen molar-refractivity contribution in [1.29, 1.82) is 5.26 Å². The summed E-state index contributed by atoms with van der Waals surface area (Å²) in [6, 6.07) is 9.59. The Kier molecular flexibility index (Phi) is 4.81. The fraction of sp³-hybridized carbons (Fsp3) is 0.211. The number of azo groups is 1. The predicted molar refractivity (Wildman–Crippen MR) is 111 cm³/mol. The molecule has 11 heteroatoms. The molecule has 11 nitrogen and oxygen atoms in total. The van der Waals surface area contributed by atoms with E-state index in [4.69, 9.17) is 4.42 Å². The topological polar surface area (TPSA) is 133 Å². The Morgan fingerprint density at radius 3 is 2.67 bits per heavy atom. The molecule has 0 spiro atoms. The van der Waals surface area contributed by atoms with E-state index < -0.39 is 0 Å². The van der Waals surface area contributed by atoms with E-state index in [1.165, 1.54) is 10.9 Å². The summed E-state index contributed by atoms with van der Waals surface area (Å²) in [5, 5.41) is 25.2. The molecule has 1 N–H and O–H groups in total. The summed E-state index contributed by atoms with van der Waals surface area (Å²) in [5.41, 5.74) is 2.59. The minimum atomic E-state index is 0.191. The number of oxazole rings is 1. The van der Waals surface area contributed by atoms with Gasteiger partial charge in [-0.3, -0.25) is 0 Å². The zero-order valence-electron chi connectivity index (χ0n) is 16.8. The highest BCUT2D eigenvalue weighted by Gasteiger charge is 2.18. The summed E-state index contributed by atoms with van der Waals surface area (Å²) in [4.78, 5) is 15.1. The predicted octanol–water partition coefficient (Wildman–Crippen LogP) is 3.51. The Labute approximate surface area is 171 Å². The Morgan fingerprint density at radius 2 is 1.97 bits per heavy atom. The molecule has 4 rings (SSSR count). The summed E-state index contributed by atoms with van der Waals surface area (Å²) >= 11 is 0. The minimum absolute atomic E-state index is 0.191. The van der Waals surface area contributed by atoms with Crippen LogP contribution in [0.4, 0.5) is 23.3 Å². The van der Waals surface area contributed by atoms with Gasteiger partial charge in [0.1, 0.15) is 22.8 Å². The molecule has 30 heavy (non-hydrogen) atoms. The van der Waals surface area contributed by atoms with Crippen LogP contribution in [0.1, 0.15) is 11.3 Å². The van der Waals surface area contributed by atoms with Crippen LogP contribution in [-0.4, -0.2) is 45.9 Å². The fourth-order valence-corrected chi connectivity index (χ4v) is 2.75. The average molecular weight is 402 g/mol. The molecule has 0 saturated heterocycles. The van der Waals surface area contributed by atoms with Crippen LogP contribution in [-0.2, 0) is 0 Å². The van der Waals surface area contributed by atoms with Crippen molar-refractivity contribution in [3.63, 3.8) is 0 Å². The molecular formula is C19H18N10O. The fourth-order valence-electron chi connectivity index (χ4n) is 2.75. The molecule has 3 aromatic heterocycles. The summed E-state index contributed by atoms with van der Waals surface area (Å²) in [6.07, 6.45) is 1.39. The van der Waals surface area contributed by atoms with Crippen molar-refractivity contribution in [1.82, 2.24) is 24.7 Å². The molecule has 0 unspecified atom stereocenters. The van der Waals surface area contributed by atoms with Gasteiger partial charge in [0, 0.05) is 21.1 Å². The van der Waals surface area contributed by atoms with Gasteiger partial charge in [0.2, 0.25) is 11.8 Å². The SMILES string of the molecule is CNc1nc(N(C)C)nc(C)c1/N=N/c1c(C#N)cnn1-c1nc2ccccc2o1. The molecular weight excluding hydrogens is 384 g/mol. The zero-order valence-corrected chi connectivity index (χ0v) is 16.8. The summed E-state index contributed by atoms with van der Waals surface area (Å²) in [7, 11) is 5.45. The molecule has 0 saturated carbocycles. The number of aryl methyl sites for hydroxylation is 1. The van der Waals surface area contributed by atoms with E-state index in [1.54, 1.807) is 18.0 Å². The Hall–Kier alpha value is -4.33. The maximum atomic E-state index is 9.47. The molecule has 0 radical (unpaired) electrons. The van der Waals surface area contributed by atoms with Crippen molar-refractivity contribution in [2.45, 2.75) is 6.92 Å². The van der Waals surface area contributed by atoms with E-state index in [2.05, 4.69) is 41.7 Å². The second-order valence-corrected chi connectivity index (χ2v) is 6.52. The molecule has 0 amide bonds. The van der Waals surface area contributed by atoms with Gasteiger partial charge in [-0.05, 0) is 19.1 Å². The van der Waals surface area contributed by atoms with Gasteiger partial charge in [0.15, 0.2) is 11.4 Å². The van der Waals surface area contributed by atoms with Crippen LogP contribution in [0.3, 0.4) is 0 Å². The number of para-hydroxylation sites is 2. The van der Waals surface area contributed by atoms with Crippen molar-refractivity contribution in [2.24, 2.45) is 10.2 Å². The van der Waals surface area contributed by atoms with Gasteiger partial charge in [0.05, 0.1) is 11.9 Å².